The summed E-state index contributed by atoms with van der Waals surface area (Å²) in [6, 6.07) is 3.86. The molecule has 1 aliphatic rings. The number of hydrogen-bond donors (Lipinski definition) is 2. The minimum absolute atomic E-state index is 0.134. The first-order valence-corrected chi connectivity index (χ1v) is 5.24. The summed E-state index contributed by atoms with van der Waals surface area (Å²) in [5.41, 5.74) is 2.26. The minimum Gasteiger partial charge on any atom is -0.507 e. The summed E-state index contributed by atoms with van der Waals surface area (Å²) in [6.45, 7) is 2.92. The molecule has 0 spiro atoms. The van der Waals surface area contributed by atoms with Crippen molar-refractivity contribution in [3.05, 3.63) is 28.8 Å². The molecule has 1 fully saturated rings. The monoisotopic (exact) mass is 205 g/mol. The number of phenols is 1. The molecule has 1 saturated heterocycles. The number of nitrogens with one attached hydrogen (secondary N) is 1. The third-order valence-electron chi connectivity index (χ3n) is 2.88. The highest BCUT2D eigenvalue weighted by Gasteiger charge is 2.21. The number of rotatable bonds is 2. The second-order valence-corrected chi connectivity index (χ2v) is 4.06. The quantitative estimate of drug-likeness (QED) is 0.725. The van der Waals surface area contributed by atoms with Gasteiger partial charge in [0.05, 0.1) is 5.56 Å². The minimum atomic E-state index is 0.134. The lowest BCUT2D eigenvalue weighted by atomic mass is 9.98. The number of aryl methyl sites for hydroxylation is 1. The highest BCUT2D eigenvalue weighted by Crippen LogP contribution is 2.33. The lowest BCUT2D eigenvalue weighted by Gasteiger charge is -2.14. The number of benzene rings is 1. The van der Waals surface area contributed by atoms with Crippen molar-refractivity contribution in [3.8, 4) is 5.75 Å². The second-order valence-electron chi connectivity index (χ2n) is 4.06. The van der Waals surface area contributed by atoms with Crippen molar-refractivity contribution in [2.45, 2.75) is 25.8 Å². The summed E-state index contributed by atoms with van der Waals surface area (Å²) in [5.74, 6) is 0.134. The van der Waals surface area contributed by atoms with E-state index >= 15 is 0 Å². The van der Waals surface area contributed by atoms with E-state index in [1.54, 1.807) is 6.07 Å². The van der Waals surface area contributed by atoms with Crippen LogP contribution in [0.2, 0.25) is 0 Å². The third-order valence-corrected chi connectivity index (χ3v) is 2.88. The number of phenolic OH excluding ortho intramolecular Hbond substituents is 1. The summed E-state index contributed by atoms with van der Waals surface area (Å²) in [4.78, 5) is 10.8. The predicted octanol–water partition coefficient (Wildman–Crippen LogP) is 1.94. The van der Waals surface area contributed by atoms with E-state index < -0.39 is 0 Å². The van der Waals surface area contributed by atoms with Crippen LogP contribution in [0.25, 0.3) is 0 Å². The van der Waals surface area contributed by atoms with E-state index in [-0.39, 0.29) is 11.8 Å². The summed E-state index contributed by atoms with van der Waals surface area (Å²) >= 11 is 0. The van der Waals surface area contributed by atoms with Gasteiger partial charge in [0, 0.05) is 11.6 Å². The van der Waals surface area contributed by atoms with Crippen LogP contribution >= 0.6 is 0 Å². The molecular formula is C12H15NO2. The summed E-state index contributed by atoms with van der Waals surface area (Å²) in [6.07, 6.45) is 2.85. The van der Waals surface area contributed by atoms with Gasteiger partial charge in [0.1, 0.15) is 5.75 Å². The zero-order chi connectivity index (χ0) is 10.8. The van der Waals surface area contributed by atoms with E-state index in [0.29, 0.717) is 11.8 Å². The fraction of sp³-hybridized carbons (Fsp3) is 0.417. The van der Waals surface area contributed by atoms with Gasteiger partial charge in [-0.2, -0.15) is 0 Å². The van der Waals surface area contributed by atoms with Crippen LogP contribution in [-0.2, 0) is 0 Å². The maximum atomic E-state index is 10.8. The van der Waals surface area contributed by atoms with Gasteiger partial charge in [0.25, 0.3) is 0 Å². The zero-order valence-electron chi connectivity index (χ0n) is 8.79. The van der Waals surface area contributed by atoms with E-state index in [0.717, 1.165) is 30.5 Å². The lowest BCUT2D eigenvalue weighted by Crippen LogP contribution is -2.13. The molecule has 1 heterocycles. The van der Waals surface area contributed by atoms with Crippen LogP contribution in [0, 0.1) is 6.92 Å². The molecule has 1 atom stereocenters. The van der Waals surface area contributed by atoms with Crippen molar-refractivity contribution >= 4 is 6.29 Å². The van der Waals surface area contributed by atoms with Crippen LogP contribution in [0.1, 0.15) is 40.4 Å². The molecule has 2 N–H and O–H groups in total. The van der Waals surface area contributed by atoms with E-state index in [9.17, 15) is 9.90 Å². The molecule has 1 aliphatic heterocycles. The van der Waals surface area contributed by atoms with Gasteiger partial charge >= 0.3 is 0 Å². The lowest BCUT2D eigenvalue weighted by molar-refractivity contribution is 0.112. The Morgan fingerprint density at radius 2 is 2.33 bits per heavy atom. The molecule has 0 amide bonds. The van der Waals surface area contributed by atoms with Crippen LogP contribution < -0.4 is 5.32 Å². The number of aromatic hydroxyl groups is 1. The van der Waals surface area contributed by atoms with Crippen LogP contribution in [0.4, 0.5) is 0 Å². The van der Waals surface area contributed by atoms with Gasteiger partial charge in [0.2, 0.25) is 0 Å². The molecule has 1 aromatic rings. The highest BCUT2D eigenvalue weighted by molar-refractivity contribution is 5.80. The van der Waals surface area contributed by atoms with Crippen molar-refractivity contribution in [3.63, 3.8) is 0 Å². The third kappa shape index (κ3) is 1.88. The molecule has 0 aromatic heterocycles. The predicted molar refractivity (Wildman–Crippen MR) is 58.2 cm³/mol. The standard InChI is InChI=1S/C12H15NO2/c1-8-5-9(7-14)12(15)10(6-8)11-3-2-4-13-11/h5-7,11,13,15H,2-4H2,1H3/t11-/m0/s1. The number of aldehydes is 1. The average Bonchev–Trinajstić information content (AvgIpc) is 2.74. The Kier molecular flexibility index (Phi) is 2.73. The molecule has 3 heteroatoms. The SMILES string of the molecule is Cc1cc(C=O)c(O)c([C@@H]2CCCN2)c1. The Morgan fingerprint density at radius 1 is 1.53 bits per heavy atom. The largest absolute Gasteiger partial charge is 0.507 e. The summed E-state index contributed by atoms with van der Waals surface area (Å²) in [5, 5.41) is 13.2. The van der Waals surface area contributed by atoms with Crippen LogP contribution in [0.3, 0.4) is 0 Å². The van der Waals surface area contributed by atoms with Gasteiger partial charge in [-0.25, -0.2) is 0 Å². The van der Waals surface area contributed by atoms with Crippen molar-refractivity contribution in [1.82, 2.24) is 5.32 Å². The van der Waals surface area contributed by atoms with Crippen LogP contribution in [0.5, 0.6) is 5.75 Å². The van der Waals surface area contributed by atoms with Gasteiger partial charge < -0.3 is 10.4 Å². The molecule has 3 nitrogen and oxygen atoms in total. The first-order chi connectivity index (χ1) is 7.22. The van der Waals surface area contributed by atoms with Gasteiger partial charge in [-0.3, -0.25) is 4.79 Å². The Morgan fingerprint density at radius 3 is 2.93 bits per heavy atom. The molecule has 0 bridgehead atoms. The van der Waals surface area contributed by atoms with Crippen LogP contribution in [-0.4, -0.2) is 17.9 Å². The molecule has 15 heavy (non-hydrogen) atoms. The molecule has 2 rings (SSSR count). The van der Waals surface area contributed by atoms with E-state index in [1.165, 1.54) is 0 Å². The zero-order valence-corrected chi connectivity index (χ0v) is 8.79. The Bertz CT molecular complexity index is 381. The molecule has 0 aliphatic carbocycles. The topological polar surface area (TPSA) is 49.3 Å². The maximum absolute atomic E-state index is 10.8. The fourth-order valence-corrected chi connectivity index (χ4v) is 2.14. The first-order valence-electron chi connectivity index (χ1n) is 5.24. The number of carbonyl (C=O) groups excluding carboxylic acids is 1. The molecule has 1 aromatic carbocycles. The highest BCUT2D eigenvalue weighted by atomic mass is 16.3. The number of hydrogen-bond acceptors (Lipinski definition) is 3. The number of carbonyl (C=O) groups is 1. The van der Waals surface area contributed by atoms with E-state index in [2.05, 4.69) is 5.32 Å². The summed E-state index contributed by atoms with van der Waals surface area (Å²) in [7, 11) is 0. The van der Waals surface area contributed by atoms with Gasteiger partial charge in [-0.1, -0.05) is 6.07 Å². The Balaban J connectivity index is 2.44. The second kappa shape index (κ2) is 4.03. The Hall–Kier alpha value is -1.35. The van der Waals surface area contributed by atoms with Crippen molar-refractivity contribution < 1.29 is 9.90 Å². The molecule has 80 valence electrons. The fourth-order valence-electron chi connectivity index (χ4n) is 2.14. The van der Waals surface area contributed by atoms with Gasteiger partial charge in [-0.05, 0) is 37.9 Å². The molecular weight excluding hydrogens is 190 g/mol. The van der Waals surface area contributed by atoms with Gasteiger partial charge in [0.15, 0.2) is 6.29 Å². The molecule has 0 radical (unpaired) electrons. The molecule has 0 saturated carbocycles. The maximum Gasteiger partial charge on any atom is 0.153 e. The van der Waals surface area contributed by atoms with E-state index in [1.807, 2.05) is 13.0 Å². The first kappa shape index (κ1) is 10.2. The summed E-state index contributed by atoms with van der Waals surface area (Å²) < 4.78 is 0. The smallest absolute Gasteiger partial charge is 0.153 e. The van der Waals surface area contributed by atoms with E-state index in [4.69, 9.17) is 0 Å². The van der Waals surface area contributed by atoms with Gasteiger partial charge in [-0.15, -0.1) is 0 Å². The van der Waals surface area contributed by atoms with Crippen molar-refractivity contribution in [2.75, 3.05) is 6.54 Å². The average molecular weight is 205 g/mol. The van der Waals surface area contributed by atoms with Crippen molar-refractivity contribution in [2.24, 2.45) is 0 Å². The normalized spacial score (nSPS) is 20.5. The Labute approximate surface area is 89.1 Å². The molecule has 0 unspecified atom stereocenters. The van der Waals surface area contributed by atoms with Crippen LogP contribution in [0.15, 0.2) is 12.1 Å². The van der Waals surface area contributed by atoms with Crippen molar-refractivity contribution in [1.29, 1.82) is 0 Å².